The molecule has 0 radical (unpaired) electrons. The molecule has 2 saturated heterocycles. The highest BCUT2D eigenvalue weighted by molar-refractivity contribution is 5.82. The number of nitrogens with zero attached hydrogens (tertiary/aromatic N) is 3. The Balaban J connectivity index is 1.19. The number of piperazine rings is 1. The standard InChI is InChI=1S/C23H30N4O/c28-23(22-11-10-21(25-22)20-9-4-12-24-18-20)27-16-14-26(15-17-27)13-5-8-19-6-2-1-3-7-19/h1-4,6-7,9,12,18,21-22,25H,5,8,10-11,13-17H2. The summed E-state index contributed by atoms with van der Waals surface area (Å²) in [6, 6.07) is 14.9. The number of nitrogens with one attached hydrogen (secondary N) is 1. The summed E-state index contributed by atoms with van der Waals surface area (Å²) < 4.78 is 0. The van der Waals surface area contributed by atoms with Crippen molar-refractivity contribution in [1.82, 2.24) is 20.1 Å². The predicted octanol–water partition coefficient (Wildman–Crippen LogP) is 2.65. The highest BCUT2D eigenvalue weighted by Gasteiger charge is 2.33. The molecule has 0 spiro atoms. The highest BCUT2D eigenvalue weighted by atomic mass is 16.2. The number of benzene rings is 1. The van der Waals surface area contributed by atoms with Crippen LogP contribution in [0, 0.1) is 0 Å². The molecule has 4 rings (SSSR count). The zero-order valence-corrected chi connectivity index (χ0v) is 16.5. The minimum absolute atomic E-state index is 0.0464. The minimum atomic E-state index is -0.0464. The van der Waals surface area contributed by atoms with Crippen molar-refractivity contribution in [2.24, 2.45) is 0 Å². The van der Waals surface area contributed by atoms with Crippen molar-refractivity contribution in [3.8, 4) is 0 Å². The van der Waals surface area contributed by atoms with E-state index in [0.29, 0.717) is 0 Å². The van der Waals surface area contributed by atoms with Crippen LogP contribution in [0.2, 0.25) is 0 Å². The van der Waals surface area contributed by atoms with E-state index in [2.05, 4.69) is 56.5 Å². The van der Waals surface area contributed by atoms with Crippen molar-refractivity contribution in [3.63, 3.8) is 0 Å². The quantitative estimate of drug-likeness (QED) is 0.840. The second-order valence-corrected chi connectivity index (χ2v) is 7.89. The number of aromatic nitrogens is 1. The Morgan fingerprint density at radius 3 is 2.61 bits per heavy atom. The summed E-state index contributed by atoms with van der Waals surface area (Å²) in [4.78, 5) is 21.7. The smallest absolute Gasteiger partial charge is 0.239 e. The first-order chi connectivity index (χ1) is 13.8. The van der Waals surface area contributed by atoms with Gasteiger partial charge in [0.25, 0.3) is 0 Å². The van der Waals surface area contributed by atoms with Gasteiger partial charge in [0.2, 0.25) is 5.91 Å². The number of rotatable bonds is 6. The zero-order valence-electron chi connectivity index (χ0n) is 16.5. The van der Waals surface area contributed by atoms with E-state index < -0.39 is 0 Å². The van der Waals surface area contributed by atoms with E-state index in [1.807, 2.05) is 12.3 Å². The fourth-order valence-electron chi connectivity index (χ4n) is 4.35. The lowest BCUT2D eigenvalue weighted by molar-refractivity contribution is -0.134. The van der Waals surface area contributed by atoms with Gasteiger partial charge in [0.1, 0.15) is 0 Å². The molecule has 0 saturated carbocycles. The van der Waals surface area contributed by atoms with Crippen molar-refractivity contribution in [2.75, 3.05) is 32.7 Å². The fraction of sp³-hybridized carbons (Fsp3) is 0.478. The van der Waals surface area contributed by atoms with E-state index in [1.54, 1.807) is 6.20 Å². The van der Waals surface area contributed by atoms with Crippen LogP contribution in [0.25, 0.3) is 0 Å². The predicted molar refractivity (Wildman–Crippen MR) is 111 cm³/mol. The number of hydrogen-bond donors (Lipinski definition) is 1. The fourth-order valence-corrected chi connectivity index (χ4v) is 4.35. The maximum atomic E-state index is 12.9. The molecule has 2 fully saturated rings. The van der Waals surface area contributed by atoms with Crippen LogP contribution in [0.3, 0.4) is 0 Å². The van der Waals surface area contributed by atoms with Gasteiger partial charge in [-0.3, -0.25) is 20.0 Å². The first-order valence-corrected chi connectivity index (χ1v) is 10.5. The lowest BCUT2D eigenvalue weighted by Gasteiger charge is -2.36. The Kier molecular flexibility index (Phi) is 6.34. The van der Waals surface area contributed by atoms with E-state index in [4.69, 9.17) is 0 Å². The Bertz CT molecular complexity index is 744. The lowest BCUT2D eigenvalue weighted by Crippen LogP contribution is -2.53. The van der Waals surface area contributed by atoms with Crippen molar-refractivity contribution in [2.45, 2.75) is 37.8 Å². The van der Waals surface area contributed by atoms with Gasteiger partial charge in [-0.1, -0.05) is 36.4 Å². The molecule has 5 nitrogen and oxygen atoms in total. The molecule has 2 aromatic rings. The molecule has 3 heterocycles. The average Bonchev–Trinajstić information content (AvgIpc) is 3.25. The third-order valence-electron chi connectivity index (χ3n) is 6.00. The van der Waals surface area contributed by atoms with Gasteiger partial charge in [-0.25, -0.2) is 0 Å². The van der Waals surface area contributed by atoms with Gasteiger partial charge in [-0.15, -0.1) is 0 Å². The van der Waals surface area contributed by atoms with Crippen LogP contribution in [0.5, 0.6) is 0 Å². The highest BCUT2D eigenvalue weighted by Crippen LogP contribution is 2.27. The van der Waals surface area contributed by atoms with Gasteiger partial charge < -0.3 is 4.90 Å². The average molecular weight is 379 g/mol. The van der Waals surface area contributed by atoms with Crippen LogP contribution in [0.1, 0.15) is 36.4 Å². The summed E-state index contributed by atoms with van der Waals surface area (Å²) in [6.07, 6.45) is 7.91. The molecule has 1 aromatic carbocycles. The Morgan fingerprint density at radius 2 is 1.86 bits per heavy atom. The second-order valence-electron chi connectivity index (χ2n) is 7.89. The van der Waals surface area contributed by atoms with Crippen LogP contribution in [0.4, 0.5) is 0 Å². The molecular weight excluding hydrogens is 348 g/mol. The topological polar surface area (TPSA) is 48.5 Å². The monoisotopic (exact) mass is 378 g/mol. The van der Waals surface area contributed by atoms with Crippen LogP contribution in [0.15, 0.2) is 54.9 Å². The van der Waals surface area contributed by atoms with Crippen molar-refractivity contribution < 1.29 is 4.79 Å². The van der Waals surface area contributed by atoms with Crippen molar-refractivity contribution >= 4 is 5.91 Å². The maximum absolute atomic E-state index is 12.9. The third kappa shape index (κ3) is 4.78. The van der Waals surface area contributed by atoms with Crippen LogP contribution >= 0.6 is 0 Å². The van der Waals surface area contributed by atoms with E-state index in [0.717, 1.165) is 52.0 Å². The molecule has 1 aromatic heterocycles. The molecule has 2 aliphatic heterocycles. The summed E-state index contributed by atoms with van der Waals surface area (Å²) in [5.41, 5.74) is 2.59. The molecule has 2 unspecified atom stereocenters. The summed E-state index contributed by atoms with van der Waals surface area (Å²) in [7, 11) is 0. The molecule has 0 bridgehead atoms. The number of hydrogen-bond acceptors (Lipinski definition) is 4. The van der Waals surface area contributed by atoms with Crippen molar-refractivity contribution in [3.05, 3.63) is 66.0 Å². The van der Waals surface area contributed by atoms with Gasteiger partial charge in [0.05, 0.1) is 6.04 Å². The zero-order chi connectivity index (χ0) is 19.2. The molecule has 148 valence electrons. The number of carbonyl (C=O) groups is 1. The molecule has 1 N–H and O–H groups in total. The second kappa shape index (κ2) is 9.30. The van der Waals surface area contributed by atoms with E-state index in [9.17, 15) is 4.79 Å². The van der Waals surface area contributed by atoms with Gasteiger partial charge in [0, 0.05) is 44.6 Å². The van der Waals surface area contributed by atoms with E-state index >= 15 is 0 Å². The van der Waals surface area contributed by atoms with Crippen LogP contribution < -0.4 is 5.32 Å². The molecule has 2 aliphatic rings. The first-order valence-electron chi connectivity index (χ1n) is 10.5. The largest absolute Gasteiger partial charge is 0.339 e. The normalized spacial score (nSPS) is 23.1. The van der Waals surface area contributed by atoms with Gasteiger partial charge in [-0.2, -0.15) is 0 Å². The summed E-state index contributed by atoms with van der Waals surface area (Å²) >= 11 is 0. The minimum Gasteiger partial charge on any atom is -0.339 e. The lowest BCUT2D eigenvalue weighted by atomic mass is 10.1. The molecule has 5 heteroatoms. The molecule has 28 heavy (non-hydrogen) atoms. The third-order valence-corrected chi connectivity index (χ3v) is 6.00. The Labute approximate surface area is 167 Å². The molecular formula is C23H30N4O. The van der Waals surface area contributed by atoms with Crippen LogP contribution in [-0.2, 0) is 11.2 Å². The number of amides is 1. The molecule has 2 atom stereocenters. The molecule has 0 aliphatic carbocycles. The Morgan fingerprint density at radius 1 is 1.04 bits per heavy atom. The summed E-state index contributed by atoms with van der Waals surface area (Å²) in [6.45, 7) is 4.78. The van der Waals surface area contributed by atoms with E-state index in [1.165, 1.54) is 17.5 Å². The number of aryl methyl sites for hydroxylation is 1. The van der Waals surface area contributed by atoms with E-state index in [-0.39, 0.29) is 18.0 Å². The number of pyridine rings is 1. The Hall–Kier alpha value is -2.24. The maximum Gasteiger partial charge on any atom is 0.239 e. The summed E-state index contributed by atoms with van der Waals surface area (Å²) in [5.74, 6) is 0.273. The van der Waals surface area contributed by atoms with Crippen LogP contribution in [-0.4, -0.2) is 59.5 Å². The van der Waals surface area contributed by atoms with Crippen molar-refractivity contribution in [1.29, 1.82) is 0 Å². The SMILES string of the molecule is O=C(C1CCC(c2cccnc2)N1)N1CCN(CCCc2ccccc2)CC1. The summed E-state index contributed by atoms with van der Waals surface area (Å²) in [5, 5.41) is 3.52. The first kappa shape index (κ1) is 19.1. The number of carbonyl (C=O) groups excluding carboxylic acids is 1. The van der Waals surface area contributed by atoms with Gasteiger partial charge >= 0.3 is 0 Å². The van der Waals surface area contributed by atoms with Gasteiger partial charge in [0.15, 0.2) is 0 Å². The molecule has 1 amide bonds. The van der Waals surface area contributed by atoms with Gasteiger partial charge in [-0.05, 0) is 49.4 Å².